The Morgan fingerprint density at radius 1 is 1.41 bits per heavy atom. The van der Waals surface area contributed by atoms with Crippen LogP contribution in [-0.4, -0.2) is 61.4 Å². The third-order valence-corrected chi connectivity index (χ3v) is 5.52. The molecule has 0 unspecified atom stereocenters. The fourth-order valence-corrected chi connectivity index (χ4v) is 3.75. The number of anilines is 1. The van der Waals surface area contributed by atoms with Gasteiger partial charge in [0.25, 0.3) is 5.91 Å². The number of aliphatic hydroxyl groups is 1. The van der Waals surface area contributed by atoms with Gasteiger partial charge in [-0.2, -0.15) is 0 Å². The zero-order valence-corrected chi connectivity index (χ0v) is 16.4. The minimum absolute atomic E-state index is 0.0316. The summed E-state index contributed by atoms with van der Waals surface area (Å²) in [7, 11) is 0. The molecule has 0 spiro atoms. The number of piperidine rings is 1. The number of benzene rings is 1. The van der Waals surface area contributed by atoms with Crippen molar-refractivity contribution in [2.45, 2.75) is 32.3 Å². The highest BCUT2D eigenvalue weighted by molar-refractivity contribution is 6.34. The summed E-state index contributed by atoms with van der Waals surface area (Å²) in [6, 6.07) is 1.50. The predicted octanol–water partition coefficient (Wildman–Crippen LogP) is 1.91. The van der Waals surface area contributed by atoms with Gasteiger partial charge in [0.15, 0.2) is 11.5 Å². The lowest BCUT2D eigenvalue weighted by atomic mass is 9.93. The normalized spacial score (nSPS) is 22.5. The second-order valence-corrected chi connectivity index (χ2v) is 7.56. The number of amides is 1. The number of hydrogen-bond donors (Lipinski definition) is 3. The van der Waals surface area contributed by atoms with Crippen molar-refractivity contribution in [2.24, 2.45) is 5.92 Å². The molecule has 2 atom stereocenters. The standard InChI is InChI=1S/C19H28ClN3O4/c1-2-3-5-23-6-4-12(15(24)11-23)10-22-19(25)13-9-14(20)16(21)18-17(13)26-7-8-27-18/h9,12,15,24H,2-8,10-11,21H2,1H3,(H,22,25)/t12-,15+/m0/s1. The van der Waals surface area contributed by atoms with Gasteiger partial charge in [0.1, 0.15) is 13.2 Å². The Morgan fingerprint density at radius 3 is 2.85 bits per heavy atom. The number of fused-ring (bicyclic) bond motifs is 1. The number of halogens is 1. The average Bonchev–Trinajstić information content (AvgIpc) is 2.68. The van der Waals surface area contributed by atoms with Gasteiger partial charge in [-0.25, -0.2) is 0 Å². The number of ether oxygens (including phenoxy) is 2. The first-order valence-electron chi connectivity index (χ1n) is 9.57. The molecule has 0 radical (unpaired) electrons. The summed E-state index contributed by atoms with van der Waals surface area (Å²) in [6.45, 7) is 5.89. The van der Waals surface area contributed by atoms with Crippen molar-refractivity contribution in [3.63, 3.8) is 0 Å². The smallest absolute Gasteiger partial charge is 0.255 e. The van der Waals surface area contributed by atoms with Gasteiger partial charge in [-0.1, -0.05) is 24.9 Å². The third kappa shape index (κ3) is 4.59. The van der Waals surface area contributed by atoms with Gasteiger partial charge in [0.2, 0.25) is 0 Å². The molecule has 27 heavy (non-hydrogen) atoms. The first-order valence-corrected chi connectivity index (χ1v) is 9.95. The number of β-amino-alcohol motifs (C(OH)–C–C–N with tert-alkyl or cyclic N) is 1. The number of rotatable bonds is 6. The summed E-state index contributed by atoms with van der Waals surface area (Å²) in [5.74, 6) is 0.377. The van der Waals surface area contributed by atoms with Gasteiger partial charge in [-0.3, -0.25) is 4.79 Å². The second-order valence-electron chi connectivity index (χ2n) is 7.16. The molecule has 4 N–H and O–H groups in total. The Labute approximate surface area is 164 Å². The second kappa shape index (κ2) is 8.99. The van der Waals surface area contributed by atoms with Crippen LogP contribution in [0.2, 0.25) is 5.02 Å². The Kier molecular flexibility index (Phi) is 6.68. The molecule has 2 aliphatic rings. The number of aliphatic hydroxyl groups excluding tert-OH is 1. The van der Waals surface area contributed by atoms with Crippen LogP contribution in [0, 0.1) is 5.92 Å². The van der Waals surface area contributed by atoms with Gasteiger partial charge >= 0.3 is 0 Å². The van der Waals surface area contributed by atoms with Crippen LogP contribution in [0.1, 0.15) is 36.5 Å². The van der Waals surface area contributed by atoms with E-state index in [0.29, 0.717) is 43.4 Å². The number of carbonyl (C=O) groups is 1. The van der Waals surface area contributed by atoms with E-state index >= 15 is 0 Å². The summed E-state index contributed by atoms with van der Waals surface area (Å²) in [4.78, 5) is 15.0. The van der Waals surface area contributed by atoms with Gasteiger partial charge < -0.3 is 30.5 Å². The fourth-order valence-electron chi connectivity index (χ4n) is 3.55. The van der Waals surface area contributed by atoms with Crippen molar-refractivity contribution >= 4 is 23.2 Å². The van der Waals surface area contributed by atoms with Crippen molar-refractivity contribution in [1.29, 1.82) is 0 Å². The molecule has 7 nitrogen and oxygen atoms in total. The highest BCUT2D eigenvalue weighted by Gasteiger charge is 2.29. The Morgan fingerprint density at radius 2 is 2.15 bits per heavy atom. The topological polar surface area (TPSA) is 97.1 Å². The van der Waals surface area contributed by atoms with E-state index in [2.05, 4.69) is 17.1 Å². The number of likely N-dealkylation sites (tertiary alicyclic amines) is 1. The van der Waals surface area contributed by atoms with Gasteiger partial charge in [0.05, 0.1) is 22.4 Å². The quantitative estimate of drug-likeness (QED) is 0.634. The summed E-state index contributed by atoms with van der Waals surface area (Å²) in [5, 5.41) is 13.6. The van der Waals surface area contributed by atoms with Crippen molar-refractivity contribution in [3.05, 3.63) is 16.7 Å². The summed E-state index contributed by atoms with van der Waals surface area (Å²) < 4.78 is 11.1. The molecule has 2 heterocycles. The number of nitrogens with one attached hydrogen (secondary N) is 1. The van der Waals surface area contributed by atoms with Crippen molar-refractivity contribution < 1.29 is 19.4 Å². The SMILES string of the molecule is CCCCN1CC[C@@H](CNC(=O)c2cc(Cl)c(N)c3c2OCCO3)[C@H](O)C1. The van der Waals surface area contributed by atoms with E-state index in [1.54, 1.807) is 0 Å². The largest absolute Gasteiger partial charge is 0.485 e. The Hall–Kier alpha value is -1.70. The molecule has 1 aromatic carbocycles. The van der Waals surface area contributed by atoms with Crippen LogP contribution in [-0.2, 0) is 0 Å². The molecule has 0 bridgehead atoms. The predicted molar refractivity (Wildman–Crippen MR) is 105 cm³/mol. The number of nitrogens with two attached hydrogens (primary N) is 1. The monoisotopic (exact) mass is 397 g/mol. The Balaban J connectivity index is 1.61. The number of nitrogens with zero attached hydrogens (tertiary/aromatic N) is 1. The molecule has 1 amide bonds. The number of carbonyl (C=O) groups excluding carboxylic acids is 1. The Bertz CT molecular complexity index is 685. The first kappa shape index (κ1) is 20.0. The zero-order valence-electron chi connectivity index (χ0n) is 15.7. The number of unbranched alkanes of at least 4 members (excludes halogenated alkanes) is 1. The molecule has 1 aromatic rings. The summed E-state index contributed by atoms with van der Waals surface area (Å²) >= 11 is 6.14. The lowest BCUT2D eigenvalue weighted by Crippen LogP contribution is -2.47. The van der Waals surface area contributed by atoms with E-state index < -0.39 is 6.10 Å². The zero-order chi connectivity index (χ0) is 19.4. The van der Waals surface area contributed by atoms with Crippen molar-refractivity contribution in [3.8, 4) is 11.5 Å². The molecule has 1 fully saturated rings. The molecule has 0 aliphatic carbocycles. The van der Waals surface area contributed by atoms with Crippen LogP contribution in [0.4, 0.5) is 5.69 Å². The molecule has 0 saturated carbocycles. The van der Waals surface area contributed by atoms with Crippen LogP contribution >= 0.6 is 11.6 Å². The van der Waals surface area contributed by atoms with E-state index in [0.717, 1.165) is 32.4 Å². The van der Waals surface area contributed by atoms with E-state index in [4.69, 9.17) is 26.8 Å². The molecular weight excluding hydrogens is 370 g/mol. The van der Waals surface area contributed by atoms with Crippen LogP contribution in [0.15, 0.2) is 6.07 Å². The number of hydrogen-bond acceptors (Lipinski definition) is 6. The van der Waals surface area contributed by atoms with Crippen LogP contribution < -0.4 is 20.5 Å². The van der Waals surface area contributed by atoms with E-state index in [-0.39, 0.29) is 22.5 Å². The first-order chi connectivity index (χ1) is 13.0. The minimum atomic E-state index is -0.445. The molecule has 1 saturated heterocycles. The molecule has 0 aromatic heterocycles. The molecule has 8 heteroatoms. The van der Waals surface area contributed by atoms with Crippen LogP contribution in [0.3, 0.4) is 0 Å². The van der Waals surface area contributed by atoms with Crippen LogP contribution in [0.25, 0.3) is 0 Å². The van der Waals surface area contributed by atoms with Crippen LogP contribution in [0.5, 0.6) is 11.5 Å². The van der Waals surface area contributed by atoms with Gasteiger partial charge in [0, 0.05) is 19.0 Å². The van der Waals surface area contributed by atoms with E-state index in [1.807, 2.05) is 0 Å². The highest BCUT2D eigenvalue weighted by Crippen LogP contribution is 2.43. The molecule has 2 aliphatic heterocycles. The lowest BCUT2D eigenvalue weighted by molar-refractivity contribution is 0.0217. The molecular formula is C19H28ClN3O4. The minimum Gasteiger partial charge on any atom is -0.485 e. The molecule has 3 rings (SSSR count). The fraction of sp³-hybridized carbons (Fsp3) is 0.632. The number of nitrogen functional groups attached to an aromatic ring is 1. The third-order valence-electron chi connectivity index (χ3n) is 5.20. The van der Waals surface area contributed by atoms with Gasteiger partial charge in [-0.05, 0) is 32.0 Å². The van der Waals surface area contributed by atoms with Gasteiger partial charge in [-0.15, -0.1) is 0 Å². The maximum atomic E-state index is 12.7. The summed E-state index contributed by atoms with van der Waals surface area (Å²) in [6.07, 6.45) is 2.69. The van der Waals surface area contributed by atoms with E-state index in [1.165, 1.54) is 6.07 Å². The van der Waals surface area contributed by atoms with E-state index in [9.17, 15) is 9.90 Å². The highest BCUT2D eigenvalue weighted by atomic mass is 35.5. The maximum Gasteiger partial charge on any atom is 0.255 e. The lowest BCUT2D eigenvalue weighted by Gasteiger charge is -2.36. The van der Waals surface area contributed by atoms with Crippen molar-refractivity contribution in [2.75, 3.05) is 45.1 Å². The molecule has 150 valence electrons. The maximum absolute atomic E-state index is 12.7. The summed E-state index contributed by atoms with van der Waals surface area (Å²) in [5.41, 5.74) is 6.50. The average molecular weight is 398 g/mol. The van der Waals surface area contributed by atoms with Crippen molar-refractivity contribution in [1.82, 2.24) is 10.2 Å².